The van der Waals surface area contributed by atoms with Crippen LogP contribution in [0.25, 0.3) is 21.3 Å². The van der Waals surface area contributed by atoms with Crippen LogP contribution in [-0.2, 0) is 11.2 Å². The number of carbonyl (C=O) groups is 1. The summed E-state index contributed by atoms with van der Waals surface area (Å²) in [6, 6.07) is 11.5. The Bertz CT molecular complexity index is 1430. The van der Waals surface area contributed by atoms with E-state index in [0.29, 0.717) is 10.2 Å². The average Bonchev–Trinajstić information content (AvgIpc) is 3.13. The fourth-order valence-electron chi connectivity index (χ4n) is 4.19. The Morgan fingerprint density at radius 2 is 1.85 bits per heavy atom. The van der Waals surface area contributed by atoms with Gasteiger partial charge in [0.15, 0.2) is 0 Å². The number of hydrogen-bond acceptors (Lipinski definition) is 4. The second-order valence-electron chi connectivity index (χ2n) is 8.60. The minimum absolute atomic E-state index is 0.194. The summed E-state index contributed by atoms with van der Waals surface area (Å²) < 4.78 is 1.44. The Balaban J connectivity index is 1.78. The van der Waals surface area contributed by atoms with Gasteiger partial charge in [-0.05, 0) is 68.9 Å². The van der Waals surface area contributed by atoms with Crippen molar-refractivity contribution >= 4 is 33.1 Å². The zero-order chi connectivity index (χ0) is 23.9. The molecule has 0 aliphatic rings. The molecule has 1 amide bonds. The lowest BCUT2D eigenvalue weighted by atomic mass is 9.99. The number of anilines is 1. The van der Waals surface area contributed by atoms with Gasteiger partial charge in [0.05, 0.1) is 11.7 Å². The van der Waals surface area contributed by atoms with Crippen LogP contribution in [-0.4, -0.2) is 15.5 Å². The van der Waals surface area contributed by atoms with Gasteiger partial charge in [0.25, 0.3) is 5.56 Å². The smallest absolute Gasteiger partial charge is 0.263 e. The number of para-hydroxylation sites is 1. The summed E-state index contributed by atoms with van der Waals surface area (Å²) in [7, 11) is 0. The summed E-state index contributed by atoms with van der Waals surface area (Å²) >= 11 is 1.51. The van der Waals surface area contributed by atoms with Crippen molar-refractivity contribution in [1.29, 1.82) is 0 Å². The lowest BCUT2D eigenvalue weighted by Gasteiger charge is -2.18. The molecule has 0 saturated heterocycles. The summed E-state index contributed by atoms with van der Waals surface area (Å²) in [6.45, 7) is 11.9. The van der Waals surface area contributed by atoms with Crippen LogP contribution in [0.1, 0.15) is 47.0 Å². The molecule has 1 N–H and O–H groups in total. The largest absolute Gasteiger partial charge is 0.324 e. The Hall–Kier alpha value is -3.25. The van der Waals surface area contributed by atoms with Crippen LogP contribution in [0.15, 0.2) is 47.5 Å². The summed E-state index contributed by atoms with van der Waals surface area (Å²) in [6.07, 6.45) is 2.31. The Kier molecular flexibility index (Phi) is 6.21. The van der Waals surface area contributed by atoms with E-state index in [0.717, 1.165) is 39.2 Å². The van der Waals surface area contributed by atoms with Gasteiger partial charge in [-0.1, -0.05) is 43.3 Å². The standard InChI is InChI=1S/C27H29N3O2S/c1-7-20-10-8-9-16(3)24(20)29-25(31)18(5)30-14-28-26-23(27(30)32)22(19(6)33-26)21-12-11-15(2)17(4)13-21/h8-14,18H,7H2,1-6H3,(H,29,31)/t18-/m0/s1. The highest BCUT2D eigenvalue weighted by Gasteiger charge is 2.23. The van der Waals surface area contributed by atoms with Crippen LogP contribution in [0, 0.1) is 27.7 Å². The molecule has 5 nitrogen and oxygen atoms in total. The van der Waals surface area contributed by atoms with Crippen LogP contribution >= 0.6 is 11.3 Å². The zero-order valence-electron chi connectivity index (χ0n) is 19.9. The normalized spacial score (nSPS) is 12.2. The number of amides is 1. The number of rotatable bonds is 5. The second kappa shape index (κ2) is 8.94. The molecule has 2 aromatic carbocycles. The molecule has 0 aliphatic carbocycles. The number of benzene rings is 2. The van der Waals surface area contributed by atoms with E-state index in [2.05, 4.69) is 43.2 Å². The summed E-state index contributed by atoms with van der Waals surface area (Å²) in [5.41, 5.74) is 6.99. The molecule has 170 valence electrons. The van der Waals surface area contributed by atoms with Gasteiger partial charge in [-0.25, -0.2) is 4.98 Å². The van der Waals surface area contributed by atoms with E-state index in [1.54, 1.807) is 6.92 Å². The lowest BCUT2D eigenvalue weighted by molar-refractivity contribution is -0.118. The number of aromatic nitrogens is 2. The number of fused-ring (bicyclic) bond motifs is 1. The monoisotopic (exact) mass is 459 g/mol. The van der Waals surface area contributed by atoms with Gasteiger partial charge in [0.2, 0.25) is 5.91 Å². The van der Waals surface area contributed by atoms with Gasteiger partial charge < -0.3 is 5.32 Å². The first-order chi connectivity index (χ1) is 15.7. The predicted octanol–water partition coefficient (Wildman–Crippen LogP) is 6.12. The first-order valence-electron chi connectivity index (χ1n) is 11.2. The summed E-state index contributed by atoms with van der Waals surface area (Å²) in [5.74, 6) is -0.234. The number of hydrogen-bond donors (Lipinski definition) is 1. The van der Waals surface area contributed by atoms with Crippen molar-refractivity contribution in [2.75, 3.05) is 5.32 Å². The maximum absolute atomic E-state index is 13.6. The molecule has 6 heteroatoms. The topological polar surface area (TPSA) is 64.0 Å². The number of carbonyl (C=O) groups excluding carboxylic acids is 1. The van der Waals surface area contributed by atoms with Crippen LogP contribution < -0.4 is 10.9 Å². The van der Waals surface area contributed by atoms with Crippen LogP contribution in [0.4, 0.5) is 5.69 Å². The summed E-state index contributed by atoms with van der Waals surface area (Å²) in [5, 5.41) is 3.62. The highest BCUT2D eigenvalue weighted by Crippen LogP contribution is 2.36. The summed E-state index contributed by atoms with van der Waals surface area (Å²) in [4.78, 5) is 33.1. The van der Waals surface area contributed by atoms with Gasteiger partial charge in [-0.15, -0.1) is 11.3 Å². The highest BCUT2D eigenvalue weighted by atomic mass is 32.1. The first-order valence-corrected chi connectivity index (χ1v) is 12.0. The van der Waals surface area contributed by atoms with Crippen molar-refractivity contribution < 1.29 is 4.79 Å². The minimum atomic E-state index is -0.702. The molecular weight excluding hydrogens is 430 g/mol. The van der Waals surface area contributed by atoms with E-state index in [4.69, 9.17) is 0 Å². The Morgan fingerprint density at radius 3 is 2.55 bits per heavy atom. The molecule has 0 bridgehead atoms. The third-order valence-corrected chi connectivity index (χ3v) is 7.41. The van der Waals surface area contributed by atoms with Gasteiger partial charge in [0.1, 0.15) is 10.9 Å². The van der Waals surface area contributed by atoms with Crippen molar-refractivity contribution in [3.63, 3.8) is 0 Å². The average molecular weight is 460 g/mol. The van der Waals surface area contributed by atoms with E-state index in [9.17, 15) is 9.59 Å². The molecule has 1 atom stereocenters. The fourth-order valence-corrected chi connectivity index (χ4v) is 5.20. The second-order valence-corrected chi connectivity index (χ2v) is 9.80. The van der Waals surface area contributed by atoms with E-state index < -0.39 is 6.04 Å². The Labute approximate surface area is 198 Å². The van der Waals surface area contributed by atoms with Crippen LogP contribution in [0.3, 0.4) is 0 Å². The molecule has 0 saturated carbocycles. The van der Waals surface area contributed by atoms with E-state index in [1.165, 1.54) is 33.4 Å². The van der Waals surface area contributed by atoms with E-state index in [1.807, 2.05) is 38.1 Å². The Morgan fingerprint density at radius 1 is 1.09 bits per heavy atom. The van der Waals surface area contributed by atoms with Crippen LogP contribution in [0.2, 0.25) is 0 Å². The molecular formula is C27H29N3O2S. The van der Waals surface area contributed by atoms with Gasteiger partial charge in [-0.3, -0.25) is 14.2 Å². The maximum Gasteiger partial charge on any atom is 0.263 e. The predicted molar refractivity (Wildman–Crippen MR) is 137 cm³/mol. The number of nitrogens with one attached hydrogen (secondary N) is 1. The highest BCUT2D eigenvalue weighted by molar-refractivity contribution is 7.19. The fraction of sp³-hybridized carbons (Fsp3) is 0.296. The lowest BCUT2D eigenvalue weighted by Crippen LogP contribution is -2.32. The molecule has 2 heterocycles. The van der Waals surface area contributed by atoms with Gasteiger partial charge >= 0.3 is 0 Å². The molecule has 0 fully saturated rings. The molecule has 0 unspecified atom stereocenters. The molecule has 33 heavy (non-hydrogen) atoms. The number of nitrogens with zero attached hydrogens (tertiary/aromatic N) is 2. The quantitative estimate of drug-likeness (QED) is 0.391. The van der Waals surface area contributed by atoms with Crippen molar-refractivity contribution in [2.24, 2.45) is 0 Å². The van der Waals surface area contributed by atoms with E-state index >= 15 is 0 Å². The van der Waals surface area contributed by atoms with Gasteiger partial charge in [-0.2, -0.15) is 0 Å². The number of aryl methyl sites for hydroxylation is 5. The molecule has 0 radical (unpaired) electrons. The number of thiophene rings is 1. The van der Waals surface area contributed by atoms with Gasteiger partial charge in [0, 0.05) is 16.1 Å². The first kappa shape index (κ1) is 22.9. The molecule has 0 aliphatic heterocycles. The van der Waals surface area contributed by atoms with Crippen LogP contribution in [0.5, 0.6) is 0 Å². The van der Waals surface area contributed by atoms with E-state index in [-0.39, 0.29) is 11.5 Å². The molecule has 0 spiro atoms. The van der Waals surface area contributed by atoms with Crippen molar-refractivity contribution in [3.8, 4) is 11.1 Å². The zero-order valence-corrected chi connectivity index (χ0v) is 20.8. The molecule has 4 aromatic rings. The van der Waals surface area contributed by atoms with Crippen molar-refractivity contribution in [1.82, 2.24) is 9.55 Å². The van der Waals surface area contributed by atoms with Crippen molar-refractivity contribution in [2.45, 2.75) is 54.0 Å². The minimum Gasteiger partial charge on any atom is -0.324 e. The van der Waals surface area contributed by atoms with Crippen molar-refractivity contribution in [3.05, 3.63) is 80.2 Å². The SMILES string of the molecule is CCc1cccc(C)c1NC(=O)[C@H](C)n1cnc2sc(C)c(-c3ccc(C)c(C)c3)c2c1=O. The molecule has 4 rings (SSSR count). The maximum atomic E-state index is 13.6. The third kappa shape index (κ3) is 4.11. The molecule has 2 aromatic heterocycles. The third-order valence-electron chi connectivity index (χ3n) is 6.39.